The number of fused-ring (bicyclic) bond motifs is 1. The molecule has 9 nitrogen and oxygen atoms in total. The molecule has 0 spiro atoms. The maximum absolute atomic E-state index is 6.08. The van der Waals surface area contributed by atoms with E-state index in [0.717, 1.165) is 49.5 Å². The molecule has 4 aromatic heterocycles. The van der Waals surface area contributed by atoms with Gasteiger partial charge in [0, 0.05) is 43.7 Å². The monoisotopic (exact) mass is 405 g/mol. The minimum Gasteiger partial charge on any atom is -0.473 e. The standard InChI is InChI=1S/C21H23N7O2/c1-2-17-16(14-27-11-10-24-21(27)20-22-8-3-9-23-20)25-18-4-5-19(26-28(17)18)30-15-6-12-29-13-7-15/h3-5,8-11,15H,2,6-7,12-14H2,1H3. The maximum atomic E-state index is 6.08. The Hall–Kier alpha value is -3.33. The van der Waals surface area contributed by atoms with Crippen molar-refractivity contribution in [3.8, 4) is 17.5 Å². The van der Waals surface area contributed by atoms with E-state index >= 15 is 0 Å². The number of rotatable bonds is 6. The first-order valence-corrected chi connectivity index (χ1v) is 10.2. The van der Waals surface area contributed by atoms with Gasteiger partial charge in [-0.05, 0) is 18.6 Å². The van der Waals surface area contributed by atoms with Gasteiger partial charge < -0.3 is 14.0 Å². The SMILES string of the molecule is CCc1c(Cn2ccnc2-c2ncccn2)nc2ccc(OC3CCOCC3)nn12. The minimum absolute atomic E-state index is 0.149. The molecule has 1 fully saturated rings. The van der Waals surface area contributed by atoms with Crippen molar-refractivity contribution in [3.63, 3.8) is 0 Å². The van der Waals surface area contributed by atoms with Gasteiger partial charge in [-0.3, -0.25) is 0 Å². The van der Waals surface area contributed by atoms with Crippen molar-refractivity contribution in [1.29, 1.82) is 0 Å². The van der Waals surface area contributed by atoms with Gasteiger partial charge in [0.1, 0.15) is 6.10 Å². The minimum atomic E-state index is 0.149. The largest absolute Gasteiger partial charge is 0.473 e. The number of aryl methyl sites for hydroxylation is 1. The number of imidazole rings is 2. The topological polar surface area (TPSA) is 92.2 Å². The van der Waals surface area contributed by atoms with Crippen LogP contribution in [-0.2, 0) is 17.7 Å². The third-order valence-electron chi connectivity index (χ3n) is 5.22. The number of hydrogen-bond acceptors (Lipinski definition) is 7. The molecular weight excluding hydrogens is 382 g/mol. The Kier molecular flexibility index (Phi) is 5.10. The molecule has 1 saturated heterocycles. The summed E-state index contributed by atoms with van der Waals surface area (Å²) in [6, 6.07) is 5.64. The number of aromatic nitrogens is 7. The lowest BCUT2D eigenvalue weighted by Gasteiger charge is -2.22. The number of nitrogens with zero attached hydrogens (tertiary/aromatic N) is 7. The van der Waals surface area contributed by atoms with Gasteiger partial charge in [0.15, 0.2) is 17.3 Å². The molecule has 9 heteroatoms. The number of ether oxygens (including phenoxy) is 2. The van der Waals surface area contributed by atoms with Gasteiger partial charge in [-0.1, -0.05) is 6.92 Å². The molecule has 1 aliphatic rings. The van der Waals surface area contributed by atoms with Gasteiger partial charge in [-0.15, -0.1) is 5.10 Å². The third kappa shape index (κ3) is 3.63. The highest BCUT2D eigenvalue weighted by Gasteiger charge is 2.19. The molecule has 0 aromatic carbocycles. The molecule has 1 aliphatic heterocycles. The zero-order valence-electron chi connectivity index (χ0n) is 16.8. The second kappa shape index (κ2) is 8.19. The summed E-state index contributed by atoms with van der Waals surface area (Å²) in [5.74, 6) is 1.93. The van der Waals surface area contributed by atoms with Crippen LogP contribution in [0.15, 0.2) is 43.0 Å². The van der Waals surface area contributed by atoms with Gasteiger partial charge in [0.25, 0.3) is 0 Å². The zero-order chi connectivity index (χ0) is 20.3. The van der Waals surface area contributed by atoms with Crippen LogP contribution < -0.4 is 4.74 Å². The Morgan fingerprint density at radius 2 is 1.93 bits per heavy atom. The van der Waals surface area contributed by atoms with E-state index in [-0.39, 0.29) is 6.10 Å². The van der Waals surface area contributed by atoms with E-state index in [2.05, 4.69) is 21.9 Å². The van der Waals surface area contributed by atoms with Gasteiger partial charge in [-0.2, -0.15) is 0 Å². The smallest absolute Gasteiger partial charge is 0.232 e. The maximum Gasteiger partial charge on any atom is 0.232 e. The summed E-state index contributed by atoms with van der Waals surface area (Å²) in [6.45, 7) is 4.15. The van der Waals surface area contributed by atoms with E-state index < -0.39 is 0 Å². The fourth-order valence-corrected chi connectivity index (χ4v) is 3.73. The predicted octanol–water partition coefficient (Wildman–Crippen LogP) is 2.55. The first kappa shape index (κ1) is 18.7. The van der Waals surface area contributed by atoms with E-state index in [1.54, 1.807) is 24.7 Å². The third-order valence-corrected chi connectivity index (χ3v) is 5.22. The molecule has 0 bridgehead atoms. The molecule has 154 valence electrons. The fraction of sp³-hybridized carbons (Fsp3) is 0.381. The van der Waals surface area contributed by atoms with Crippen LogP contribution in [0.25, 0.3) is 17.3 Å². The van der Waals surface area contributed by atoms with Crippen molar-refractivity contribution in [2.24, 2.45) is 0 Å². The molecule has 5 heterocycles. The van der Waals surface area contributed by atoms with Crippen LogP contribution in [0.5, 0.6) is 5.88 Å². The zero-order valence-corrected chi connectivity index (χ0v) is 16.8. The van der Waals surface area contributed by atoms with E-state index in [0.29, 0.717) is 24.1 Å². The van der Waals surface area contributed by atoms with Crippen molar-refractivity contribution < 1.29 is 9.47 Å². The van der Waals surface area contributed by atoms with Crippen LogP contribution in [0.2, 0.25) is 0 Å². The lowest BCUT2D eigenvalue weighted by Crippen LogP contribution is -2.26. The van der Waals surface area contributed by atoms with Gasteiger partial charge in [-0.25, -0.2) is 24.5 Å². The highest BCUT2D eigenvalue weighted by Crippen LogP contribution is 2.21. The second-order valence-electron chi connectivity index (χ2n) is 7.18. The van der Waals surface area contributed by atoms with E-state index in [1.165, 1.54) is 0 Å². The summed E-state index contributed by atoms with van der Waals surface area (Å²) in [7, 11) is 0. The highest BCUT2D eigenvalue weighted by molar-refractivity contribution is 5.45. The van der Waals surface area contributed by atoms with E-state index in [9.17, 15) is 0 Å². The Balaban J connectivity index is 1.45. The summed E-state index contributed by atoms with van der Waals surface area (Å²) < 4.78 is 15.4. The van der Waals surface area contributed by atoms with Crippen LogP contribution in [0.4, 0.5) is 0 Å². The average molecular weight is 405 g/mol. The Morgan fingerprint density at radius 1 is 1.10 bits per heavy atom. The molecule has 4 aromatic rings. The van der Waals surface area contributed by atoms with Gasteiger partial charge in [0.2, 0.25) is 5.88 Å². The Bertz CT molecular complexity index is 1130. The Labute approximate surface area is 173 Å². The molecule has 0 unspecified atom stereocenters. The van der Waals surface area contributed by atoms with Crippen LogP contribution >= 0.6 is 0 Å². The summed E-state index contributed by atoms with van der Waals surface area (Å²) >= 11 is 0. The molecule has 0 N–H and O–H groups in total. The van der Waals surface area contributed by atoms with Gasteiger partial charge >= 0.3 is 0 Å². The Morgan fingerprint density at radius 3 is 2.73 bits per heavy atom. The molecular formula is C21H23N7O2. The highest BCUT2D eigenvalue weighted by atomic mass is 16.5. The first-order chi connectivity index (χ1) is 14.8. The number of hydrogen-bond donors (Lipinski definition) is 0. The molecule has 5 rings (SSSR count). The summed E-state index contributed by atoms with van der Waals surface area (Å²) in [5, 5.41) is 4.71. The van der Waals surface area contributed by atoms with Crippen molar-refractivity contribution in [3.05, 3.63) is 54.4 Å². The van der Waals surface area contributed by atoms with Crippen molar-refractivity contribution in [2.45, 2.75) is 38.8 Å². The predicted molar refractivity (Wildman–Crippen MR) is 109 cm³/mol. The molecule has 0 aliphatic carbocycles. The second-order valence-corrected chi connectivity index (χ2v) is 7.18. The lowest BCUT2D eigenvalue weighted by molar-refractivity contribution is 0.0232. The molecule has 0 saturated carbocycles. The normalized spacial score (nSPS) is 15.0. The van der Waals surface area contributed by atoms with Crippen LogP contribution in [-0.4, -0.2) is 53.4 Å². The molecule has 0 radical (unpaired) electrons. The van der Waals surface area contributed by atoms with Crippen molar-refractivity contribution >= 4 is 5.65 Å². The summed E-state index contributed by atoms with van der Waals surface area (Å²) in [5.41, 5.74) is 2.80. The average Bonchev–Trinajstić information content (AvgIpc) is 3.39. The summed E-state index contributed by atoms with van der Waals surface area (Å²) in [4.78, 5) is 17.9. The van der Waals surface area contributed by atoms with Crippen molar-refractivity contribution in [2.75, 3.05) is 13.2 Å². The molecule has 0 atom stereocenters. The summed E-state index contributed by atoms with van der Waals surface area (Å²) in [6.07, 6.45) is 9.84. The van der Waals surface area contributed by atoms with Crippen LogP contribution in [0.1, 0.15) is 31.2 Å². The quantitative estimate of drug-likeness (QED) is 0.487. The van der Waals surface area contributed by atoms with E-state index in [1.807, 2.05) is 27.4 Å². The van der Waals surface area contributed by atoms with Crippen LogP contribution in [0.3, 0.4) is 0 Å². The van der Waals surface area contributed by atoms with E-state index in [4.69, 9.17) is 19.6 Å². The molecule has 30 heavy (non-hydrogen) atoms. The van der Waals surface area contributed by atoms with Gasteiger partial charge in [0.05, 0.1) is 31.1 Å². The first-order valence-electron chi connectivity index (χ1n) is 10.2. The van der Waals surface area contributed by atoms with Crippen molar-refractivity contribution in [1.82, 2.24) is 34.1 Å². The lowest BCUT2D eigenvalue weighted by atomic mass is 10.2. The fourth-order valence-electron chi connectivity index (χ4n) is 3.73. The molecule has 0 amide bonds. The van der Waals surface area contributed by atoms with Crippen LogP contribution in [0, 0.1) is 0 Å².